The molecule has 0 aliphatic rings. The van der Waals surface area contributed by atoms with E-state index in [-0.39, 0.29) is 12.3 Å². The Morgan fingerprint density at radius 3 is 2.26 bits per heavy atom. The van der Waals surface area contributed by atoms with Crippen LogP contribution in [0.4, 0.5) is 0 Å². The molecule has 0 radical (unpaired) electrons. The van der Waals surface area contributed by atoms with Crippen LogP contribution in [-0.4, -0.2) is 40.2 Å². The standard InChI is InChI=1S/C14H19NO3S/c1-9(8-12(16)17)13(18)10-4-6-11(7-5-10)14(19)15(2)3/h4-7,9,13,18H,8H2,1-3H3,(H,16,17)/t9?,13-/m0/s1. The Kier molecular flexibility index (Phi) is 5.44. The van der Waals surface area contributed by atoms with Gasteiger partial charge in [0.1, 0.15) is 4.99 Å². The van der Waals surface area contributed by atoms with Crippen LogP contribution in [0, 0.1) is 5.92 Å². The summed E-state index contributed by atoms with van der Waals surface area (Å²) in [6.45, 7) is 1.72. The second-order valence-electron chi connectivity index (χ2n) is 4.84. The average molecular weight is 281 g/mol. The highest BCUT2D eigenvalue weighted by molar-refractivity contribution is 7.80. The van der Waals surface area contributed by atoms with Crippen LogP contribution < -0.4 is 0 Å². The van der Waals surface area contributed by atoms with Crippen molar-refractivity contribution in [3.8, 4) is 0 Å². The SMILES string of the molecule is CC(CC(=O)O)[C@H](O)c1ccc(C(=S)N(C)C)cc1. The van der Waals surface area contributed by atoms with Crippen LogP contribution in [0.15, 0.2) is 24.3 Å². The zero-order valence-electron chi connectivity index (χ0n) is 11.3. The fourth-order valence-electron chi connectivity index (χ4n) is 1.80. The fourth-order valence-corrected chi connectivity index (χ4v) is 1.93. The van der Waals surface area contributed by atoms with E-state index in [0.29, 0.717) is 5.56 Å². The summed E-state index contributed by atoms with van der Waals surface area (Å²) >= 11 is 5.25. The number of benzene rings is 1. The molecule has 1 rings (SSSR count). The summed E-state index contributed by atoms with van der Waals surface area (Å²) in [4.78, 5) is 13.2. The molecule has 2 atom stereocenters. The Morgan fingerprint density at radius 2 is 1.84 bits per heavy atom. The zero-order chi connectivity index (χ0) is 14.6. The van der Waals surface area contributed by atoms with Crippen LogP contribution in [0.1, 0.15) is 30.6 Å². The first-order chi connectivity index (χ1) is 8.82. The van der Waals surface area contributed by atoms with E-state index in [1.165, 1.54) is 0 Å². The van der Waals surface area contributed by atoms with E-state index in [0.717, 1.165) is 10.6 Å². The number of hydrogen-bond acceptors (Lipinski definition) is 3. The van der Waals surface area contributed by atoms with Crippen LogP contribution in [0.2, 0.25) is 0 Å². The van der Waals surface area contributed by atoms with Gasteiger partial charge in [-0.3, -0.25) is 4.79 Å². The Balaban J connectivity index is 2.81. The first kappa shape index (κ1) is 15.6. The summed E-state index contributed by atoms with van der Waals surface area (Å²) in [5.74, 6) is -1.24. The summed E-state index contributed by atoms with van der Waals surface area (Å²) in [6.07, 6.45) is -0.836. The lowest BCUT2D eigenvalue weighted by Gasteiger charge is -2.19. The third kappa shape index (κ3) is 4.29. The molecule has 4 nitrogen and oxygen atoms in total. The van der Waals surface area contributed by atoms with Gasteiger partial charge in [-0.05, 0) is 11.5 Å². The van der Waals surface area contributed by atoms with Gasteiger partial charge in [0.25, 0.3) is 0 Å². The van der Waals surface area contributed by atoms with Gasteiger partial charge >= 0.3 is 5.97 Å². The zero-order valence-corrected chi connectivity index (χ0v) is 12.1. The Hall–Kier alpha value is -1.46. The number of rotatable bonds is 5. The van der Waals surface area contributed by atoms with Gasteiger partial charge in [-0.25, -0.2) is 0 Å². The monoisotopic (exact) mass is 281 g/mol. The molecule has 0 fully saturated rings. The van der Waals surface area contributed by atoms with E-state index in [1.807, 2.05) is 31.1 Å². The predicted octanol–water partition coefficient (Wildman–Crippen LogP) is 2.07. The molecule has 5 heteroatoms. The highest BCUT2D eigenvalue weighted by Gasteiger charge is 2.19. The highest BCUT2D eigenvalue weighted by atomic mass is 32.1. The summed E-state index contributed by atoms with van der Waals surface area (Å²) in [5, 5.41) is 18.8. The maximum atomic E-state index is 10.6. The molecule has 19 heavy (non-hydrogen) atoms. The van der Waals surface area contributed by atoms with Gasteiger partial charge in [0.2, 0.25) is 0 Å². The van der Waals surface area contributed by atoms with Crippen molar-refractivity contribution in [1.29, 1.82) is 0 Å². The summed E-state index contributed by atoms with van der Waals surface area (Å²) in [5.41, 5.74) is 1.61. The van der Waals surface area contributed by atoms with Gasteiger partial charge < -0.3 is 15.1 Å². The van der Waals surface area contributed by atoms with Crippen molar-refractivity contribution in [3.05, 3.63) is 35.4 Å². The third-order valence-corrected chi connectivity index (χ3v) is 3.54. The molecule has 0 amide bonds. The predicted molar refractivity (Wildman–Crippen MR) is 78.2 cm³/mol. The average Bonchev–Trinajstić information content (AvgIpc) is 2.36. The van der Waals surface area contributed by atoms with Gasteiger partial charge in [0, 0.05) is 19.7 Å². The van der Waals surface area contributed by atoms with Crippen molar-refractivity contribution in [3.63, 3.8) is 0 Å². The highest BCUT2D eigenvalue weighted by Crippen LogP contribution is 2.24. The number of thiocarbonyl (C=S) groups is 1. The van der Waals surface area contributed by atoms with Crippen molar-refractivity contribution < 1.29 is 15.0 Å². The molecule has 1 unspecified atom stereocenters. The minimum Gasteiger partial charge on any atom is -0.481 e. The van der Waals surface area contributed by atoms with Crippen LogP contribution >= 0.6 is 12.2 Å². The lowest BCUT2D eigenvalue weighted by molar-refractivity contribution is -0.139. The van der Waals surface area contributed by atoms with E-state index in [2.05, 4.69) is 0 Å². The van der Waals surface area contributed by atoms with Gasteiger partial charge in [-0.1, -0.05) is 43.4 Å². The van der Waals surface area contributed by atoms with E-state index in [9.17, 15) is 9.90 Å². The molecular weight excluding hydrogens is 262 g/mol. The Labute approximate surface area is 118 Å². The fraction of sp³-hybridized carbons (Fsp3) is 0.429. The number of aliphatic carboxylic acids is 1. The second kappa shape index (κ2) is 6.63. The van der Waals surface area contributed by atoms with Crippen molar-refractivity contribution >= 4 is 23.2 Å². The molecule has 0 saturated carbocycles. The summed E-state index contributed by atoms with van der Waals surface area (Å²) < 4.78 is 0. The lowest BCUT2D eigenvalue weighted by atomic mass is 9.94. The smallest absolute Gasteiger partial charge is 0.303 e. The quantitative estimate of drug-likeness (QED) is 0.809. The number of hydrogen-bond donors (Lipinski definition) is 2. The van der Waals surface area contributed by atoms with Crippen molar-refractivity contribution in [1.82, 2.24) is 4.90 Å². The summed E-state index contributed by atoms with van der Waals surface area (Å²) in [7, 11) is 3.75. The number of aliphatic hydroxyl groups is 1. The molecule has 2 N–H and O–H groups in total. The maximum Gasteiger partial charge on any atom is 0.303 e. The van der Waals surface area contributed by atoms with E-state index in [4.69, 9.17) is 17.3 Å². The van der Waals surface area contributed by atoms with E-state index in [1.54, 1.807) is 19.1 Å². The molecule has 0 aliphatic carbocycles. The molecular formula is C14H19NO3S. The number of aliphatic hydroxyl groups excluding tert-OH is 1. The minimum atomic E-state index is -0.906. The molecule has 0 aromatic heterocycles. The molecule has 0 saturated heterocycles. The topological polar surface area (TPSA) is 60.8 Å². The minimum absolute atomic E-state index is 0.0565. The van der Waals surface area contributed by atoms with Crippen LogP contribution in [0.3, 0.4) is 0 Å². The van der Waals surface area contributed by atoms with Crippen LogP contribution in [-0.2, 0) is 4.79 Å². The Bertz CT molecular complexity index is 456. The normalized spacial score (nSPS) is 13.7. The summed E-state index contributed by atoms with van der Waals surface area (Å²) in [6, 6.07) is 7.26. The lowest BCUT2D eigenvalue weighted by Crippen LogP contribution is -2.20. The molecule has 0 heterocycles. The van der Waals surface area contributed by atoms with Gasteiger partial charge in [0.15, 0.2) is 0 Å². The van der Waals surface area contributed by atoms with Crippen molar-refractivity contribution in [2.24, 2.45) is 5.92 Å². The second-order valence-corrected chi connectivity index (χ2v) is 5.23. The van der Waals surface area contributed by atoms with Gasteiger partial charge in [-0.2, -0.15) is 0 Å². The first-order valence-corrected chi connectivity index (χ1v) is 6.45. The van der Waals surface area contributed by atoms with Crippen LogP contribution in [0.25, 0.3) is 0 Å². The molecule has 1 aromatic carbocycles. The molecule has 104 valence electrons. The molecule has 0 bridgehead atoms. The largest absolute Gasteiger partial charge is 0.481 e. The maximum absolute atomic E-state index is 10.6. The number of carboxylic acids is 1. The van der Waals surface area contributed by atoms with Gasteiger partial charge in [-0.15, -0.1) is 0 Å². The first-order valence-electron chi connectivity index (χ1n) is 6.04. The number of nitrogens with zero attached hydrogens (tertiary/aromatic N) is 1. The number of carbonyl (C=O) groups is 1. The van der Waals surface area contributed by atoms with Crippen molar-refractivity contribution in [2.45, 2.75) is 19.4 Å². The van der Waals surface area contributed by atoms with Crippen LogP contribution in [0.5, 0.6) is 0 Å². The van der Waals surface area contributed by atoms with Crippen molar-refractivity contribution in [2.75, 3.05) is 14.1 Å². The molecule has 1 aromatic rings. The van der Waals surface area contributed by atoms with E-state index < -0.39 is 12.1 Å². The van der Waals surface area contributed by atoms with E-state index >= 15 is 0 Å². The molecule has 0 aliphatic heterocycles. The number of carboxylic acid groups (broad SMARTS) is 1. The van der Waals surface area contributed by atoms with Gasteiger partial charge in [0.05, 0.1) is 12.5 Å². The Morgan fingerprint density at radius 1 is 1.32 bits per heavy atom. The third-order valence-electron chi connectivity index (χ3n) is 2.94. The molecule has 0 spiro atoms.